The first-order valence-electron chi connectivity index (χ1n) is 6.95. The second kappa shape index (κ2) is 7.60. The maximum Gasteiger partial charge on any atom is 0.315 e. The maximum atomic E-state index is 12.3. The molecule has 2 aromatic rings. The molecule has 0 saturated carbocycles. The molecule has 7 nitrogen and oxygen atoms in total. The molecule has 0 aliphatic carbocycles. The van der Waals surface area contributed by atoms with Crippen molar-refractivity contribution in [1.82, 2.24) is 0 Å². The first-order valence-corrected chi connectivity index (χ1v) is 8.43. The van der Waals surface area contributed by atoms with Gasteiger partial charge in [-0.1, -0.05) is 18.2 Å². The monoisotopic (exact) mass is 348 g/mol. The van der Waals surface area contributed by atoms with E-state index in [1.165, 1.54) is 31.4 Å². The molecule has 0 fully saturated rings. The van der Waals surface area contributed by atoms with Gasteiger partial charge in [0.1, 0.15) is 6.42 Å². The largest absolute Gasteiger partial charge is 0.469 e. The van der Waals surface area contributed by atoms with Gasteiger partial charge in [-0.05, 0) is 36.4 Å². The van der Waals surface area contributed by atoms with Crippen molar-refractivity contribution in [2.75, 3.05) is 17.1 Å². The zero-order valence-corrected chi connectivity index (χ0v) is 13.7. The summed E-state index contributed by atoms with van der Waals surface area (Å²) in [7, 11) is -2.53. The van der Waals surface area contributed by atoms with E-state index in [0.717, 1.165) is 0 Å². The Morgan fingerprint density at radius 2 is 1.58 bits per heavy atom. The Morgan fingerprint density at radius 1 is 0.958 bits per heavy atom. The second-order valence-electron chi connectivity index (χ2n) is 4.80. The van der Waals surface area contributed by atoms with Gasteiger partial charge in [0.2, 0.25) is 5.91 Å². The van der Waals surface area contributed by atoms with Crippen LogP contribution in [-0.2, 0) is 24.3 Å². The number of nitrogens with one attached hydrogen (secondary N) is 2. The number of esters is 1. The molecule has 2 N–H and O–H groups in total. The number of benzene rings is 2. The zero-order valence-electron chi connectivity index (χ0n) is 12.9. The number of methoxy groups -OCH3 is 1. The van der Waals surface area contributed by atoms with Crippen molar-refractivity contribution in [3.8, 4) is 0 Å². The van der Waals surface area contributed by atoms with E-state index >= 15 is 0 Å². The van der Waals surface area contributed by atoms with Crippen LogP contribution in [0, 0.1) is 0 Å². The van der Waals surface area contributed by atoms with Crippen LogP contribution in [0.15, 0.2) is 59.5 Å². The molecule has 0 aliphatic rings. The van der Waals surface area contributed by atoms with Gasteiger partial charge < -0.3 is 10.1 Å². The molecule has 126 valence electrons. The third-order valence-electron chi connectivity index (χ3n) is 3.01. The topological polar surface area (TPSA) is 102 Å². The molecule has 2 aromatic carbocycles. The number of hydrogen-bond acceptors (Lipinski definition) is 5. The number of amides is 1. The van der Waals surface area contributed by atoms with Gasteiger partial charge in [-0.2, -0.15) is 0 Å². The van der Waals surface area contributed by atoms with Crippen LogP contribution in [0.5, 0.6) is 0 Å². The number of sulfonamides is 1. The molecule has 2 rings (SSSR count). The Labute approximate surface area is 139 Å². The average molecular weight is 348 g/mol. The van der Waals surface area contributed by atoms with Crippen LogP contribution < -0.4 is 10.0 Å². The third kappa shape index (κ3) is 4.82. The Morgan fingerprint density at radius 3 is 2.17 bits per heavy atom. The molecule has 8 heteroatoms. The fourth-order valence-corrected chi connectivity index (χ4v) is 2.90. The third-order valence-corrected chi connectivity index (χ3v) is 4.40. The van der Waals surface area contributed by atoms with Crippen molar-refractivity contribution in [2.24, 2.45) is 0 Å². The molecule has 1 amide bonds. The van der Waals surface area contributed by atoms with E-state index in [2.05, 4.69) is 14.8 Å². The Balaban J connectivity index is 2.05. The Hall–Kier alpha value is -2.87. The molecule has 0 aromatic heterocycles. The summed E-state index contributed by atoms with van der Waals surface area (Å²) in [5, 5.41) is 2.48. The number of carbonyl (C=O) groups is 2. The van der Waals surface area contributed by atoms with Crippen molar-refractivity contribution in [3.63, 3.8) is 0 Å². The molecule has 0 heterocycles. The van der Waals surface area contributed by atoms with E-state index in [1.807, 2.05) is 0 Å². The van der Waals surface area contributed by atoms with Gasteiger partial charge >= 0.3 is 5.97 Å². The van der Waals surface area contributed by atoms with Gasteiger partial charge in [-0.25, -0.2) is 8.42 Å². The summed E-state index contributed by atoms with van der Waals surface area (Å²) in [5.41, 5.74) is 0.829. The predicted molar refractivity (Wildman–Crippen MR) is 89.0 cm³/mol. The number of ether oxygens (including phenoxy) is 1. The lowest BCUT2D eigenvalue weighted by molar-refractivity contribution is -0.142. The fourth-order valence-electron chi connectivity index (χ4n) is 1.85. The highest BCUT2D eigenvalue weighted by Gasteiger charge is 2.15. The summed E-state index contributed by atoms with van der Waals surface area (Å²) in [6, 6.07) is 14.1. The number of para-hydroxylation sites is 1. The number of hydrogen-bond donors (Lipinski definition) is 2. The van der Waals surface area contributed by atoms with Crippen molar-refractivity contribution >= 4 is 33.3 Å². The quantitative estimate of drug-likeness (QED) is 0.614. The van der Waals surface area contributed by atoms with Crippen molar-refractivity contribution < 1.29 is 22.7 Å². The van der Waals surface area contributed by atoms with Crippen molar-refractivity contribution in [3.05, 3.63) is 54.6 Å². The van der Waals surface area contributed by atoms with Crippen LogP contribution in [0.3, 0.4) is 0 Å². The van der Waals surface area contributed by atoms with E-state index < -0.39 is 28.3 Å². The SMILES string of the molecule is COC(=O)CC(=O)Nc1ccc(S(=O)(=O)Nc2ccccc2)cc1. The fraction of sp³-hybridized carbons (Fsp3) is 0.125. The Bertz CT molecular complexity index is 817. The molecule has 0 atom stereocenters. The predicted octanol–water partition coefficient (Wildman–Crippen LogP) is 1.99. The summed E-state index contributed by atoms with van der Waals surface area (Å²) in [6.45, 7) is 0. The second-order valence-corrected chi connectivity index (χ2v) is 6.48. The molecule has 24 heavy (non-hydrogen) atoms. The number of anilines is 2. The van der Waals surface area contributed by atoms with Gasteiger partial charge in [-0.15, -0.1) is 0 Å². The lowest BCUT2D eigenvalue weighted by Crippen LogP contribution is -2.17. The Kier molecular flexibility index (Phi) is 5.54. The summed E-state index contributed by atoms with van der Waals surface area (Å²) < 4.78 is 31.4. The van der Waals surface area contributed by atoms with Crippen LogP contribution in [-0.4, -0.2) is 27.4 Å². The highest BCUT2D eigenvalue weighted by molar-refractivity contribution is 7.92. The minimum absolute atomic E-state index is 0.0531. The van der Waals surface area contributed by atoms with Crippen molar-refractivity contribution in [2.45, 2.75) is 11.3 Å². The molecule has 0 bridgehead atoms. The lowest BCUT2D eigenvalue weighted by Gasteiger charge is -2.09. The zero-order chi connectivity index (χ0) is 17.6. The summed E-state index contributed by atoms with van der Waals surface area (Å²) in [6.07, 6.45) is -0.411. The van der Waals surface area contributed by atoms with E-state index in [-0.39, 0.29) is 4.90 Å². The minimum Gasteiger partial charge on any atom is -0.469 e. The first kappa shape index (κ1) is 17.5. The first-order chi connectivity index (χ1) is 11.4. The van der Waals surface area contributed by atoms with Gasteiger partial charge in [0.25, 0.3) is 10.0 Å². The van der Waals surface area contributed by atoms with Crippen LogP contribution in [0.4, 0.5) is 11.4 Å². The van der Waals surface area contributed by atoms with E-state index in [4.69, 9.17) is 0 Å². The summed E-state index contributed by atoms with van der Waals surface area (Å²) in [5.74, 6) is -1.20. The van der Waals surface area contributed by atoms with Crippen LogP contribution in [0.1, 0.15) is 6.42 Å². The molecule has 0 spiro atoms. The van der Waals surface area contributed by atoms with E-state index in [9.17, 15) is 18.0 Å². The van der Waals surface area contributed by atoms with Crippen molar-refractivity contribution in [1.29, 1.82) is 0 Å². The molecule has 0 aliphatic heterocycles. The number of rotatable bonds is 6. The van der Waals surface area contributed by atoms with Crippen LogP contribution in [0.2, 0.25) is 0 Å². The highest BCUT2D eigenvalue weighted by Crippen LogP contribution is 2.18. The van der Waals surface area contributed by atoms with Gasteiger partial charge in [0, 0.05) is 11.4 Å². The van der Waals surface area contributed by atoms with Gasteiger partial charge in [-0.3, -0.25) is 14.3 Å². The molecular formula is C16H16N2O5S. The highest BCUT2D eigenvalue weighted by atomic mass is 32.2. The van der Waals surface area contributed by atoms with Gasteiger partial charge in [0.05, 0.1) is 12.0 Å². The number of carbonyl (C=O) groups excluding carboxylic acids is 2. The molecule has 0 saturated heterocycles. The summed E-state index contributed by atoms with van der Waals surface area (Å²) >= 11 is 0. The normalized spacial score (nSPS) is 10.7. The molecule has 0 radical (unpaired) electrons. The minimum atomic E-state index is -3.72. The lowest BCUT2D eigenvalue weighted by atomic mass is 10.3. The van der Waals surface area contributed by atoms with E-state index in [1.54, 1.807) is 30.3 Å². The smallest absolute Gasteiger partial charge is 0.315 e. The van der Waals surface area contributed by atoms with Gasteiger partial charge in [0.15, 0.2) is 0 Å². The summed E-state index contributed by atoms with van der Waals surface area (Å²) in [4.78, 5) is 22.6. The standard InChI is InChI=1S/C16H16N2O5S/c1-23-16(20)11-15(19)17-12-7-9-14(10-8-12)24(21,22)18-13-5-3-2-4-6-13/h2-10,18H,11H2,1H3,(H,17,19). The molecular weight excluding hydrogens is 332 g/mol. The van der Waals surface area contributed by atoms with E-state index in [0.29, 0.717) is 11.4 Å². The maximum absolute atomic E-state index is 12.3. The molecule has 0 unspecified atom stereocenters. The van der Waals surface area contributed by atoms with Crippen LogP contribution >= 0.6 is 0 Å². The van der Waals surface area contributed by atoms with Crippen LogP contribution in [0.25, 0.3) is 0 Å². The average Bonchev–Trinajstić information content (AvgIpc) is 2.55.